The third-order valence-electron chi connectivity index (χ3n) is 4.68. The summed E-state index contributed by atoms with van der Waals surface area (Å²) in [4.78, 5) is 34.0. The van der Waals surface area contributed by atoms with Gasteiger partial charge in [-0.3, -0.25) is 14.6 Å². The number of ether oxygens (including phenoxy) is 1. The first-order valence-corrected chi connectivity index (χ1v) is 9.47. The number of unbranched alkanes of at least 4 members (excludes halogenated alkanes) is 1. The zero-order chi connectivity index (χ0) is 18.9. The minimum Gasteiger partial charge on any atom is -0.378 e. The van der Waals surface area contributed by atoms with Gasteiger partial charge in [0.05, 0.1) is 13.2 Å². The number of anilines is 1. The van der Waals surface area contributed by atoms with E-state index in [0.29, 0.717) is 56.5 Å². The zero-order valence-corrected chi connectivity index (χ0v) is 15.8. The van der Waals surface area contributed by atoms with Gasteiger partial charge in [0.1, 0.15) is 0 Å². The number of nitrogens with two attached hydrogens (primary N) is 1. The molecule has 0 aliphatic carbocycles. The van der Waals surface area contributed by atoms with Crippen molar-refractivity contribution >= 4 is 11.9 Å². The number of H-pyrrole nitrogens is 1. The summed E-state index contributed by atoms with van der Waals surface area (Å²) in [5.74, 6) is 0.499. The molecule has 1 unspecified atom stereocenters. The second kappa shape index (κ2) is 10.3. The predicted molar refractivity (Wildman–Crippen MR) is 101 cm³/mol. The summed E-state index contributed by atoms with van der Waals surface area (Å²) in [6, 6.07) is 0.00338. The molecule has 0 bridgehead atoms. The number of hydrogen-bond acceptors (Lipinski definition) is 6. The van der Waals surface area contributed by atoms with Crippen molar-refractivity contribution in [3.8, 4) is 0 Å². The fourth-order valence-electron chi connectivity index (χ4n) is 3.05. The number of nitrogens with zero attached hydrogens (tertiary/aromatic N) is 2. The van der Waals surface area contributed by atoms with Crippen LogP contribution in [0, 0.1) is 6.92 Å². The van der Waals surface area contributed by atoms with E-state index in [2.05, 4.69) is 22.2 Å². The summed E-state index contributed by atoms with van der Waals surface area (Å²) >= 11 is 0. The molecular formula is C18H31N5O3. The Bertz CT molecular complexity index is 640. The summed E-state index contributed by atoms with van der Waals surface area (Å²) < 4.78 is 5.32. The molecule has 4 N–H and O–H groups in total. The summed E-state index contributed by atoms with van der Waals surface area (Å²) in [5, 5.41) is 2.96. The van der Waals surface area contributed by atoms with Crippen LogP contribution in [0.4, 0.5) is 5.95 Å². The van der Waals surface area contributed by atoms with Crippen LogP contribution >= 0.6 is 0 Å². The maximum Gasteiger partial charge on any atom is 0.255 e. The van der Waals surface area contributed by atoms with Crippen molar-refractivity contribution in [1.29, 1.82) is 0 Å². The van der Waals surface area contributed by atoms with E-state index in [4.69, 9.17) is 10.5 Å². The lowest BCUT2D eigenvalue weighted by molar-refractivity contribution is -0.121. The van der Waals surface area contributed by atoms with Crippen LogP contribution in [0.15, 0.2) is 4.79 Å². The van der Waals surface area contributed by atoms with Crippen LogP contribution in [0.2, 0.25) is 0 Å². The minimum atomic E-state index is -0.173. The Balaban J connectivity index is 1.94. The number of aromatic nitrogens is 2. The molecular weight excluding hydrogens is 334 g/mol. The third kappa shape index (κ3) is 5.81. The van der Waals surface area contributed by atoms with Crippen LogP contribution in [0.1, 0.15) is 43.9 Å². The first kappa shape index (κ1) is 20.4. The van der Waals surface area contributed by atoms with Crippen LogP contribution in [0.5, 0.6) is 0 Å². The molecule has 8 nitrogen and oxygen atoms in total. The molecule has 1 atom stereocenters. The van der Waals surface area contributed by atoms with Crippen LogP contribution in [-0.2, 0) is 16.0 Å². The van der Waals surface area contributed by atoms with Crippen molar-refractivity contribution in [3.63, 3.8) is 0 Å². The molecule has 1 fully saturated rings. The molecule has 0 radical (unpaired) electrons. The van der Waals surface area contributed by atoms with Gasteiger partial charge in [0.25, 0.3) is 5.56 Å². The Labute approximate surface area is 154 Å². The van der Waals surface area contributed by atoms with E-state index < -0.39 is 0 Å². The molecule has 1 saturated heterocycles. The summed E-state index contributed by atoms with van der Waals surface area (Å²) in [5.41, 5.74) is 6.77. The van der Waals surface area contributed by atoms with E-state index in [1.54, 1.807) is 0 Å². The van der Waals surface area contributed by atoms with Crippen LogP contribution in [0.3, 0.4) is 0 Å². The fourth-order valence-corrected chi connectivity index (χ4v) is 3.05. The number of aromatic amines is 1. The summed E-state index contributed by atoms with van der Waals surface area (Å²) in [6.07, 6.45) is 3.61. The molecule has 1 aliphatic rings. The first-order chi connectivity index (χ1) is 12.5. The fraction of sp³-hybridized carbons (Fsp3) is 0.722. The second-order valence-corrected chi connectivity index (χ2v) is 6.70. The Kier molecular flexibility index (Phi) is 8.06. The van der Waals surface area contributed by atoms with E-state index >= 15 is 0 Å². The van der Waals surface area contributed by atoms with E-state index in [1.807, 2.05) is 11.8 Å². The Morgan fingerprint density at radius 2 is 2.15 bits per heavy atom. The number of aryl methyl sites for hydroxylation is 1. The highest BCUT2D eigenvalue weighted by Gasteiger charge is 2.17. The van der Waals surface area contributed by atoms with Crippen molar-refractivity contribution in [2.24, 2.45) is 5.73 Å². The molecule has 1 aliphatic heterocycles. The van der Waals surface area contributed by atoms with Crippen molar-refractivity contribution in [1.82, 2.24) is 15.3 Å². The van der Waals surface area contributed by atoms with Gasteiger partial charge in [0.2, 0.25) is 11.9 Å². The molecule has 2 heterocycles. The lowest BCUT2D eigenvalue weighted by Gasteiger charge is -2.27. The van der Waals surface area contributed by atoms with Crippen molar-refractivity contribution in [2.75, 3.05) is 37.7 Å². The number of rotatable bonds is 9. The first-order valence-electron chi connectivity index (χ1n) is 9.47. The molecule has 1 amide bonds. The average Bonchev–Trinajstić information content (AvgIpc) is 2.65. The van der Waals surface area contributed by atoms with Crippen LogP contribution in [-0.4, -0.2) is 54.8 Å². The van der Waals surface area contributed by atoms with Gasteiger partial charge in [0.15, 0.2) is 0 Å². The molecule has 1 aromatic heterocycles. The third-order valence-corrected chi connectivity index (χ3v) is 4.68. The lowest BCUT2D eigenvalue weighted by Crippen LogP contribution is -2.40. The van der Waals surface area contributed by atoms with E-state index in [1.165, 1.54) is 0 Å². The predicted octanol–water partition coefficient (Wildman–Crippen LogP) is 0.481. The number of carbonyl (C=O) groups is 1. The van der Waals surface area contributed by atoms with Crippen LogP contribution in [0.25, 0.3) is 0 Å². The van der Waals surface area contributed by atoms with Gasteiger partial charge in [0, 0.05) is 43.4 Å². The van der Waals surface area contributed by atoms with Gasteiger partial charge in [-0.15, -0.1) is 0 Å². The van der Waals surface area contributed by atoms with Crippen molar-refractivity contribution in [2.45, 2.75) is 52.0 Å². The smallest absolute Gasteiger partial charge is 0.255 e. The lowest BCUT2D eigenvalue weighted by atomic mass is 10.1. The molecule has 146 valence electrons. The van der Waals surface area contributed by atoms with E-state index in [-0.39, 0.29) is 23.9 Å². The maximum absolute atomic E-state index is 12.4. The number of amides is 1. The number of morpholine rings is 1. The zero-order valence-electron chi connectivity index (χ0n) is 15.8. The standard InChI is InChI=1S/C18H31N5O3/c1-3-4-5-14(12-19)21-16(24)7-6-15-13(2)20-18(22-17(15)25)23-8-10-26-11-9-23/h14H,3-12,19H2,1-2H3,(H,21,24)(H,20,22,25). The molecule has 26 heavy (non-hydrogen) atoms. The molecule has 0 spiro atoms. The Hall–Kier alpha value is -1.93. The van der Waals surface area contributed by atoms with Gasteiger partial charge >= 0.3 is 0 Å². The topological polar surface area (TPSA) is 113 Å². The van der Waals surface area contributed by atoms with Crippen molar-refractivity contribution < 1.29 is 9.53 Å². The van der Waals surface area contributed by atoms with E-state index in [9.17, 15) is 9.59 Å². The highest BCUT2D eigenvalue weighted by molar-refractivity contribution is 5.76. The highest BCUT2D eigenvalue weighted by atomic mass is 16.5. The largest absolute Gasteiger partial charge is 0.378 e. The molecule has 0 saturated carbocycles. The Morgan fingerprint density at radius 3 is 2.77 bits per heavy atom. The molecule has 0 aromatic carbocycles. The van der Waals surface area contributed by atoms with Crippen LogP contribution < -0.4 is 21.5 Å². The molecule has 1 aromatic rings. The van der Waals surface area contributed by atoms with Crippen molar-refractivity contribution in [3.05, 3.63) is 21.6 Å². The SMILES string of the molecule is CCCCC(CN)NC(=O)CCc1c(C)nc(N2CCOCC2)[nH]c1=O. The van der Waals surface area contributed by atoms with Gasteiger partial charge < -0.3 is 20.7 Å². The quantitative estimate of drug-likeness (QED) is 0.587. The van der Waals surface area contributed by atoms with Gasteiger partial charge in [-0.25, -0.2) is 4.98 Å². The number of nitrogens with one attached hydrogen (secondary N) is 2. The van der Waals surface area contributed by atoms with Gasteiger partial charge in [-0.2, -0.15) is 0 Å². The minimum absolute atomic E-state index is 0.00338. The maximum atomic E-state index is 12.4. The summed E-state index contributed by atoms with van der Waals surface area (Å²) in [6.45, 7) is 7.04. The molecule has 8 heteroatoms. The van der Waals surface area contributed by atoms with Gasteiger partial charge in [-0.05, 0) is 19.8 Å². The normalized spacial score (nSPS) is 15.7. The second-order valence-electron chi connectivity index (χ2n) is 6.70. The Morgan fingerprint density at radius 1 is 1.42 bits per heavy atom. The number of carbonyl (C=O) groups excluding carboxylic acids is 1. The van der Waals surface area contributed by atoms with E-state index in [0.717, 1.165) is 19.3 Å². The summed E-state index contributed by atoms with van der Waals surface area (Å²) in [7, 11) is 0. The highest BCUT2D eigenvalue weighted by Crippen LogP contribution is 2.11. The number of hydrogen-bond donors (Lipinski definition) is 3. The van der Waals surface area contributed by atoms with Gasteiger partial charge in [-0.1, -0.05) is 19.8 Å². The monoisotopic (exact) mass is 365 g/mol. The molecule has 2 rings (SSSR count). The average molecular weight is 365 g/mol.